The van der Waals surface area contributed by atoms with Crippen LogP contribution in [0.25, 0.3) is 0 Å². The molecule has 1 aliphatic heterocycles. The number of piperazine rings is 1. The van der Waals surface area contributed by atoms with Crippen molar-refractivity contribution >= 4 is 28.5 Å². The monoisotopic (exact) mass is 403 g/mol. The van der Waals surface area contributed by atoms with Crippen LogP contribution < -0.4 is 5.32 Å². The van der Waals surface area contributed by atoms with Gasteiger partial charge < -0.3 is 15.3 Å². The van der Waals surface area contributed by atoms with Crippen molar-refractivity contribution in [3.05, 3.63) is 40.7 Å². The fourth-order valence-corrected chi connectivity index (χ4v) is 4.40. The van der Waals surface area contributed by atoms with Gasteiger partial charge in [0.1, 0.15) is 0 Å². The zero-order valence-corrected chi connectivity index (χ0v) is 17.1. The molecule has 2 amide bonds. The molecule has 2 aromatic heterocycles. The van der Waals surface area contributed by atoms with Crippen LogP contribution in [0.2, 0.25) is 0 Å². The number of aromatic nitrogens is 2. The molecule has 9 heteroatoms. The first-order chi connectivity index (χ1) is 13.3. The summed E-state index contributed by atoms with van der Waals surface area (Å²) in [6.45, 7) is 7.21. The normalized spacial score (nSPS) is 20.2. The number of rotatable bonds is 5. The quantitative estimate of drug-likeness (QED) is 0.796. The summed E-state index contributed by atoms with van der Waals surface area (Å²) in [5.74, 6) is -0.142. The summed E-state index contributed by atoms with van der Waals surface area (Å²) in [7, 11) is 0. The Kier molecular flexibility index (Phi) is 6.25. The molecule has 3 heterocycles. The number of carboxylic acid groups (broad SMARTS) is 1. The summed E-state index contributed by atoms with van der Waals surface area (Å²) in [6.07, 6.45) is 3.31. The third-order valence-corrected chi connectivity index (χ3v) is 5.74. The van der Waals surface area contributed by atoms with Crippen molar-refractivity contribution < 1.29 is 14.7 Å². The molecule has 150 valence electrons. The lowest BCUT2D eigenvalue weighted by atomic mass is 10.00. The lowest BCUT2D eigenvalue weighted by molar-refractivity contribution is -0.114. The molecule has 1 aliphatic rings. The lowest BCUT2D eigenvalue weighted by Gasteiger charge is -2.44. The number of nitrogens with one attached hydrogen (secondary N) is 1. The number of amides is 2. The molecule has 2 N–H and O–H groups in total. The second-order valence-electron chi connectivity index (χ2n) is 7.19. The van der Waals surface area contributed by atoms with Gasteiger partial charge in [-0.1, -0.05) is 0 Å². The second-order valence-corrected chi connectivity index (χ2v) is 8.30. The van der Waals surface area contributed by atoms with E-state index in [1.807, 2.05) is 26.0 Å². The number of anilines is 1. The van der Waals surface area contributed by atoms with E-state index >= 15 is 0 Å². The minimum absolute atomic E-state index is 0.0952. The number of thiazole rings is 1. The molecule has 0 radical (unpaired) electrons. The van der Waals surface area contributed by atoms with Gasteiger partial charge in [-0.25, -0.2) is 9.78 Å². The smallest absolute Gasteiger partial charge is 0.407 e. The Morgan fingerprint density at radius 1 is 1.36 bits per heavy atom. The average molecular weight is 404 g/mol. The van der Waals surface area contributed by atoms with Gasteiger partial charge in [0.25, 0.3) is 0 Å². The summed E-state index contributed by atoms with van der Waals surface area (Å²) in [5.41, 5.74) is 2.01. The van der Waals surface area contributed by atoms with Crippen molar-refractivity contribution in [3.63, 3.8) is 0 Å². The molecular formula is C19H25N5O3S. The Morgan fingerprint density at radius 2 is 2.14 bits per heavy atom. The van der Waals surface area contributed by atoms with E-state index in [0.29, 0.717) is 31.2 Å². The first kappa shape index (κ1) is 20.2. The molecule has 0 bridgehead atoms. The van der Waals surface area contributed by atoms with Crippen LogP contribution in [0, 0.1) is 6.92 Å². The Hall–Kier alpha value is -2.52. The van der Waals surface area contributed by atoms with Crippen LogP contribution in [-0.4, -0.2) is 62.0 Å². The number of carbonyl (C=O) groups is 2. The molecule has 0 saturated carbocycles. The highest BCUT2D eigenvalue weighted by atomic mass is 32.1. The molecular weight excluding hydrogens is 378 g/mol. The highest BCUT2D eigenvalue weighted by Gasteiger charge is 2.34. The number of carbonyl (C=O) groups excluding carboxylic acids is 1. The van der Waals surface area contributed by atoms with E-state index in [-0.39, 0.29) is 18.0 Å². The predicted molar refractivity (Wildman–Crippen MR) is 107 cm³/mol. The third-order valence-electron chi connectivity index (χ3n) is 4.84. The summed E-state index contributed by atoms with van der Waals surface area (Å²) < 4.78 is 0. The van der Waals surface area contributed by atoms with E-state index < -0.39 is 6.09 Å². The Labute approximate surface area is 168 Å². The number of hydrogen-bond donors (Lipinski definition) is 2. The molecule has 8 nitrogen and oxygen atoms in total. The summed E-state index contributed by atoms with van der Waals surface area (Å²) in [5, 5.41) is 13.0. The molecule has 0 unspecified atom stereocenters. The van der Waals surface area contributed by atoms with Crippen molar-refractivity contribution in [1.29, 1.82) is 0 Å². The molecule has 1 saturated heterocycles. The molecule has 1 fully saturated rings. The molecule has 28 heavy (non-hydrogen) atoms. The van der Waals surface area contributed by atoms with Crippen LogP contribution in [0.3, 0.4) is 0 Å². The minimum Gasteiger partial charge on any atom is -0.465 e. The standard InChI is InChI=1S/C19H25N5O3S/c1-12-6-15(4-5-20-12)7-16-10-23(13(2)9-24(16)19(26)27)11-17-8-21-18(28-17)22-14(3)25/h4-6,8,13,16H,7,9-11H2,1-3H3,(H,26,27)(H,21,22,25)/t13-,16+/m0/s1. The summed E-state index contributed by atoms with van der Waals surface area (Å²) in [6, 6.07) is 3.92. The fourth-order valence-electron chi connectivity index (χ4n) is 3.52. The van der Waals surface area contributed by atoms with Crippen molar-refractivity contribution in [2.24, 2.45) is 0 Å². The molecule has 0 spiro atoms. The molecule has 2 atom stereocenters. The maximum atomic E-state index is 11.8. The van der Waals surface area contributed by atoms with Crippen LogP contribution >= 0.6 is 11.3 Å². The van der Waals surface area contributed by atoms with Crippen molar-refractivity contribution in [2.75, 3.05) is 18.4 Å². The van der Waals surface area contributed by atoms with Gasteiger partial charge in [0.05, 0.1) is 6.04 Å². The fraction of sp³-hybridized carbons (Fsp3) is 0.474. The van der Waals surface area contributed by atoms with Crippen LogP contribution in [0.1, 0.15) is 30.0 Å². The molecule has 2 aromatic rings. The van der Waals surface area contributed by atoms with Gasteiger partial charge in [-0.3, -0.25) is 14.7 Å². The van der Waals surface area contributed by atoms with E-state index in [9.17, 15) is 14.7 Å². The van der Waals surface area contributed by atoms with Crippen LogP contribution in [0.5, 0.6) is 0 Å². The van der Waals surface area contributed by atoms with Gasteiger partial charge in [0.2, 0.25) is 5.91 Å². The van der Waals surface area contributed by atoms with Crippen LogP contribution in [-0.2, 0) is 17.8 Å². The third kappa shape index (κ3) is 5.05. The van der Waals surface area contributed by atoms with E-state index in [0.717, 1.165) is 16.1 Å². The van der Waals surface area contributed by atoms with E-state index in [4.69, 9.17) is 0 Å². The highest BCUT2D eigenvalue weighted by molar-refractivity contribution is 7.15. The van der Waals surface area contributed by atoms with Crippen molar-refractivity contribution in [2.45, 2.75) is 45.8 Å². The maximum Gasteiger partial charge on any atom is 0.407 e. The minimum atomic E-state index is -0.881. The van der Waals surface area contributed by atoms with E-state index in [1.165, 1.54) is 18.3 Å². The number of pyridine rings is 1. The first-order valence-corrected chi connectivity index (χ1v) is 10.0. The van der Waals surface area contributed by atoms with Gasteiger partial charge >= 0.3 is 6.09 Å². The molecule has 0 aliphatic carbocycles. The topological polar surface area (TPSA) is 98.7 Å². The predicted octanol–water partition coefficient (Wildman–Crippen LogP) is 2.60. The largest absolute Gasteiger partial charge is 0.465 e. The van der Waals surface area contributed by atoms with Gasteiger partial charge in [-0.15, -0.1) is 11.3 Å². The van der Waals surface area contributed by atoms with Crippen molar-refractivity contribution in [3.8, 4) is 0 Å². The maximum absolute atomic E-state index is 11.8. The Morgan fingerprint density at radius 3 is 2.82 bits per heavy atom. The summed E-state index contributed by atoms with van der Waals surface area (Å²) in [4.78, 5) is 36.3. The Balaban J connectivity index is 1.72. The molecule has 0 aromatic carbocycles. The SMILES string of the molecule is CC(=O)Nc1ncc(CN2C[C@@H](Cc3ccnc(C)c3)N(C(=O)O)C[C@@H]2C)s1. The lowest BCUT2D eigenvalue weighted by Crippen LogP contribution is -2.59. The number of hydrogen-bond acceptors (Lipinski definition) is 6. The van der Waals surface area contributed by atoms with Gasteiger partial charge in [0, 0.05) is 55.6 Å². The van der Waals surface area contributed by atoms with Crippen LogP contribution in [0.4, 0.5) is 9.93 Å². The summed E-state index contributed by atoms with van der Waals surface area (Å²) >= 11 is 1.45. The average Bonchev–Trinajstić information content (AvgIpc) is 3.03. The Bertz CT molecular complexity index is 856. The molecule has 3 rings (SSSR count). The first-order valence-electron chi connectivity index (χ1n) is 9.19. The van der Waals surface area contributed by atoms with Crippen LogP contribution in [0.15, 0.2) is 24.5 Å². The van der Waals surface area contributed by atoms with Gasteiger partial charge in [-0.05, 0) is 38.0 Å². The van der Waals surface area contributed by atoms with Crippen molar-refractivity contribution in [1.82, 2.24) is 19.8 Å². The van der Waals surface area contributed by atoms with E-state index in [1.54, 1.807) is 17.3 Å². The van der Waals surface area contributed by atoms with Gasteiger partial charge in [-0.2, -0.15) is 0 Å². The second kappa shape index (κ2) is 8.66. The van der Waals surface area contributed by atoms with E-state index in [2.05, 4.69) is 20.2 Å². The highest BCUT2D eigenvalue weighted by Crippen LogP contribution is 2.25. The number of nitrogens with zero attached hydrogens (tertiary/aromatic N) is 4. The van der Waals surface area contributed by atoms with Gasteiger partial charge in [0.15, 0.2) is 5.13 Å². The zero-order valence-electron chi connectivity index (χ0n) is 16.3. The zero-order chi connectivity index (χ0) is 20.3. The number of aryl methyl sites for hydroxylation is 1.